The van der Waals surface area contributed by atoms with Gasteiger partial charge in [-0.05, 0) is 0 Å². The molecule has 0 N–H and O–H groups in total. The van der Waals surface area contributed by atoms with Crippen LogP contribution in [0.25, 0.3) is 0 Å². The second-order valence-corrected chi connectivity index (χ2v) is 5.74. The third kappa shape index (κ3) is 4.10. The van der Waals surface area contributed by atoms with Crippen molar-refractivity contribution < 1.29 is 40.0 Å². The van der Waals surface area contributed by atoms with Gasteiger partial charge in [-0.15, -0.1) is 13.2 Å². The summed E-state index contributed by atoms with van der Waals surface area (Å²) in [5.74, 6) is -1.83. The standard InChI is InChI=1S/C7H2ClF5N2O5S/c8-21(18,19)4-3(5(9)10)2(15(16)17)1-14-6(4)20-7(11,12)13/h1,5H. The van der Waals surface area contributed by atoms with Gasteiger partial charge in [0.15, 0.2) is 4.90 Å². The van der Waals surface area contributed by atoms with Crippen LogP contribution in [-0.4, -0.2) is 24.7 Å². The summed E-state index contributed by atoms with van der Waals surface area (Å²) in [6.07, 6.45) is -9.28. The van der Waals surface area contributed by atoms with Gasteiger partial charge in [0.05, 0.1) is 4.92 Å². The summed E-state index contributed by atoms with van der Waals surface area (Å²) >= 11 is 0. The molecule has 0 unspecified atom stereocenters. The highest BCUT2D eigenvalue weighted by Crippen LogP contribution is 2.41. The Hall–Kier alpha value is -1.76. The third-order valence-corrected chi connectivity index (χ3v) is 3.24. The van der Waals surface area contributed by atoms with Gasteiger partial charge in [-0.2, -0.15) is 0 Å². The molecule has 1 heterocycles. The maximum absolute atomic E-state index is 12.8. The number of halogens is 6. The SMILES string of the molecule is O=[N+]([O-])c1cnc(OC(F)(F)F)c(S(=O)(=O)Cl)c1C(F)F. The number of nitro groups is 1. The van der Waals surface area contributed by atoms with Gasteiger partial charge in [0.1, 0.15) is 11.8 Å². The van der Waals surface area contributed by atoms with E-state index in [4.69, 9.17) is 10.7 Å². The lowest BCUT2D eigenvalue weighted by molar-refractivity contribution is -0.387. The zero-order chi connectivity index (χ0) is 16.6. The minimum Gasteiger partial charge on any atom is -0.386 e. The average molecular weight is 357 g/mol. The van der Waals surface area contributed by atoms with Crippen LogP contribution in [-0.2, 0) is 9.05 Å². The lowest BCUT2D eigenvalue weighted by atomic mass is 10.2. The first-order chi connectivity index (χ1) is 9.34. The van der Waals surface area contributed by atoms with Crippen molar-refractivity contribution in [1.29, 1.82) is 0 Å². The molecule has 0 spiro atoms. The van der Waals surface area contributed by atoms with Crippen LogP contribution in [0.3, 0.4) is 0 Å². The number of nitrogens with zero attached hydrogens (tertiary/aromatic N) is 2. The lowest BCUT2D eigenvalue weighted by Gasteiger charge is -2.13. The molecular weight excluding hydrogens is 355 g/mol. The summed E-state index contributed by atoms with van der Waals surface area (Å²) in [4.78, 5) is 9.89. The van der Waals surface area contributed by atoms with Crippen molar-refractivity contribution in [2.45, 2.75) is 17.7 Å². The maximum atomic E-state index is 12.8. The highest BCUT2D eigenvalue weighted by Gasteiger charge is 2.40. The zero-order valence-electron chi connectivity index (χ0n) is 9.27. The molecule has 0 amide bonds. The van der Waals surface area contributed by atoms with E-state index < -0.39 is 48.8 Å². The third-order valence-electron chi connectivity index (χ3n) is 1.89. The molecule has 0 aliphatic heterocycles. The minimum atomic E-state index is -5.47. The van der Waals surface area contributed by atoms with Crippen molar-refractivity contribution in [3.05, 3.63) is 21.9 Å². The molecule has 0 aromatic carbocycles. The highest BCUT2D eigenvalue weighted by molar-refractivity contribution is 8.13. The van der Waals surface area contributed by atoms with Crippen LogP contribution in [0.5, 0.6) is 5.88 Å². The fourth-order valence-electron chi connectivity index (χ4n) is 1.25. The molecule has 0 atom stereocenters. The van der Waals surface area contributed by atoms with Gasteiger partial charge >= 0.3 is 6.36 Å². The van der Waals surface area contributed by atoms with E-state index in [2.05, 4.69) is 9.72 Å². The Morgan fingerprint density at radius 1 is 1.38 bits per heavy atom. The van der Waals surface area contributed by atoms with Crippen LogP contribution in [0.15, 0.2) is 11.1 Å². The van der Waals surface area contributed by atoms with Crippen molar-refractivity contribution in [1.82, 2.24) is 4.98 Å². The molecule has 1 rings (SSSR count). The van der Waals surface area contributed by atoms with E-state index in [1.807, 2.05) is 0 Å². The molecule has 1 aromatic heterocycles. The largest absolute Gasteiger partial charge is 0.574 e. The summed E-state index contributed by atoms with van der Waals surface area (Å²) in [6.45, 7) is 0. The summed E-state index contributed by atoms with van der Waals surface area (Å²) in [5, 5.41) is 10.5. The Morgan fingerprint density at radius 3 is 2.24 bits per heavy atom. The van der Waals surface area contributed by atoms with Gasteiger partial charge in [-0.25, -0.2) is 22.2 Å². The topological polar surface area (TPSA) is 99.4 Å². The quantitative estimate of drug-likeness (QED) is 0.356. The highest BCUT2D eigenvalue weighted by atomic mass is 35.7. The fourth-order valence-corrected chi connectivity index (χ4v) is 2.46. The van der Waals surface area contributed by atoms with Gasteiger partial charge < -0.3 is 4.74 Å². The molecule has 0 bridgehead atoms. The van der Waals surface area contributed by atoms with E-state index in [0.717, 1.165) is 0 Å². The van der Waals surface area contributed by atoms with Gasteiger partial charge in [0, 0.05) is 10.7 Å². The van der Waals surface area contributed by atoms with E-state index in [9.17, 15) is 40.5 Å². The Bertz CT molecular complexity index is 677. The fraction of sp³-hybridized carbons (Fsp3) is 0.286. The van der Waals surface area contributed by atoms with E-state index in [-0.39, 0.29) is 6.20 Å². The number of alkyl halides is 5. The first kappa shape index (κ1) is 17.3. The van der Waals surface area contributed by atoms with E-state index in [1.165, 1.54) is 0 Å². The van der Waals surface area contributed by atoms with Crippen LogP contribution in [0.4, 0.5) is 27.6 Å². The Balaban J connectivity index is 3.78. The Morgan fingerprint density at radius 2 is 1.90 bits per heavy atom. The number of pyridine rings is 1. The predicted octanol–water partition coefficient (Wildman–Crippen LogP) is 2.75. The van der Waals surface area contributed by atoms with Crippen molar-refractivity contribution in [2.75, 3.05) is 0 Å². The molecule has 0 aliphatic carbocycles. The van der Waals surface area contributed by atoms with Crippen molar-refractivity contribution >= 4 is 25.4 Å². The Labute approximate surface area is 116 Å². The number of aromatic nitrogens is 1. The molecule has 0 saturated carbocycles. The zero-order valence-corrected chi connectivity index (χ0v) is 10.8. The molecule has 0 saturated heterocycles. The Kier molecular flexibility index (Phi) is 4.57. The van der Waals surface area contributed by atoms with Gasteiger partial charge in [-0.3, -0.25) is 10.1 Å². The second kappa shape index (κ2) is 5.55. The van der Waals surface area contributed by atoms with E-state index in [1.54, 1.807) is 0 Å². The normalized spacial score (nSPS) is 12.5. The lowest BCUT2D eigenvalue weighted by Crippen LogP contribution is -2.20. The molecular formula is C7H2ClF5N2O5S. The van der Waals surface area contributed by atoms with Crippen molar-refractivity contribution in [2.24, 2.45) is 0 Å². The first-order valence-corrected chi connectivity index (χ1v) is 6.81. The molecule has 14 heteroatoms. The predicted molar refractivity (Wildman–Crippen MR) is 55.6 cm³/mol. The van der Waals surface area contributed by atoms with Crippen LogP contribution >= 0.6 is 10.7 Å². The summed E-state index contributed by atoms with van der Waals surface area (Å²) in [6, 6.07) is 0. The van der Waals surface area contributed by atoms with Crippen molar-refractivity contribution in [3.63, 3.8) is 0 Å². The van der Waals surface area contributed by atoms with Crippen LogP contribution < -0.4 is 4.74 Å². The number of ether oxygens (including phenoxy) is 1. The molecule has 0 radical (unpaired) electrons. The van der Waals surface area contributed by atoms with Crippen LogP contribution in [0, 0.1) is 10.1 Å². The second-order valence-electron chi connectivity index (χ2n) is 3.23. The van der Waals surface area contributed by atoms with E-state index >= 15 is 0 Å². The average Bonchev–Trinajstić information content (AvgIpc) is 2.23. The molecule has 0 fully saturated rings. The van der Waals surface area contributed by atoms with Gasteiger partial charge in [0.2, 0.25) is 5.88 Å². The minimum absolute atomic E-state index is 0.00807. The summed E-state index contributed by atoms with van der Waals surface area (Å²) < 4.78 is 87.3. The molecule has 7 nitrogen and oxygen atoms in total. The van der Waals surface area contributed by atoms with Gasteiger partial charge in [0.25, 0.3) is 21.2 Å². The monoisotopic (exact) mass is 356 g/mol. The van der Waals surface area contributed by atoms with Crippen LogP contribution in [0.2, 0.25) is 0 Å². The maximum Gasteiger partial charge on any atom is 0.574 e. The van der Waals surface area contributed by atoms with Crippen LogP contribution in [0.1, 0.15) is 12.0 Å². The smallest absolute Gasteiger partial charge is 0.386 e. The molecule has 0 aliphatic rings. The number of rotatable bonds is 4. The van der Waals surface area contributed by atoms with E-state index in [0.29, 0.717) is 0 Å². The molecule has 1 aromatic rings. The number of hydrogen-bond donors (Lipinski definition) is 0. The summed E-state index contributed by atoms with van der Waals surface area (Å²) in [5.41, 5.74) is -3.36. The first-order valence-electron chi connectivity index (χ1n) is 4.50. The molecule has 118 valence electrons. The molecule has 21 heavy (non-hydrogen) atoms. The summed E-state index contributed by atoms with van der Waals surface area (Å²) in [7, 11) is -0.490. The van der Waals surface area contributed by atoms with Crippen molar-refractivity contribution in [3.8, 4) is 5.88 Å². The van der Waals surface area contributed by atoms with Gasteiger partial charge in [-0.1, -0.05) is 0 Å². The number of hydrogen-bond acceptors (Lipinski definition) is 6.